The van der Waals surface area contributed by atoms with Gasteiger partial charge in [-0.1, -0.05) is 5.16 Å². The van der Waals surface area contributed by atoms with E-state index in [2.05, 4.69) is 9.88 Å². The highest BCUT2D eigenvalue weighted by atomic mass is 32.2. The molecular weight excluding hydrogens is 258 g/mol. The molecule has 96 valence electrons. The number of primary amides is 1. The van der Waals surface area contributed by atoms with Gasteiger partial charge in [0.15, 0.2) is 0 Å². The van der Waals surface area contributed by atoms with E-state index in [1.54, 1.807) is 11.8 Å². The van der Waals surface area contributed by atoms with Gasteiger partial charge in [0.2, 0.25) is 5.91 Å². The van der Waals surface area contributed by atoms with Crippen molar-refractivity contribution in [2.75, 3.05) is 12.0 Å². The number of nitrogens with one attached hydrogen (secondary N) is 1. The summed E-state index contributed by atoms with van der Waals surface area (Å²) in [5.74, 6) is 1.30. The van der Waals surface area contributed by atoms with Crippen molar-refractivity contribution in [3.8, 4) is 0 Å². The molecule has 0 unspecified atom stereocenters. The topological polar surface area (TPSA) is 81.2 Å². The zero-order chi connectivity index (χ0) is 12.8. The lowest BCUT2D eigenvalue weighted by Crippen LogP contribution is -2.38. The molecule has 1 atom stereocenters. The molecular formula is C10H17N3O2S2. The maximum atomic E-state index is 11.2. The Kier molecular flexibility index (Phi) is 5.87. The van der Waals surface area contributed by atoms with Gasteiger partial charge in [-0.25, -0.2) is 4.72 Å². The highest BCUT2D eigenvalue weighted by Crippen LogP contribution is 2.24. The maximum absolute atomic E-state index is 11.2. The van der Waals surface area contributed by atoms with Crippen molar-refractivity contribution < 1.29 is 9.32 Å². The van der Waals surface area contributed by atoms with Crippen LogP contribution in [0.3, 0.4) is 0 Å². The SMILES string of the molecule is CSCC[C@H](NSc1c(C)noc1C)C(N)=O. The van der Waals surface area contributed by atoms with Crippen LogP contribution in [-0.4, -0.2) is 29.1 Å². The second kappa shape index (κ2) is 6.93. The highest BCUT2D eigenvalue weighted by molar-refractivity contribution is 7.98. The summed E-state index contributed by atoms with van der Waals surface area (Å²) in [4.78, 5) is 12.1. The lowest BCUT2D eigenvalue weighted by molar-refractivity contribution is -0.119. The molecule has 5 nitrogen and oxygen atoms in total. The summed E-state index contributed by atoms with van der Waals surface area (Å²) in [6.07, 6.45) is 2.71. The van der Waals surface area contributed by atoms with Crippen LogP contribution in [0.15, 0.2) is 9.42 Å². The second-order valence-corrected chi connectivity index (χ2v) is 5.44. The molecule has 1 aromatic heterocycles. The Bertz CT molecular complexity index is 362. The Morgan fingerprint density at radius 1 is 1.59 bits per heavy atom. The van der Waals surface area contributed by atoms with Crippen molar-refractivity contribution in [3.63, 3.8) is 0 Å². The van der Waals surface area contributed by atoms with Crippen LogP contribution in [0.25, 0.3) is 0 Å². The first kappa shape index (κ1) is 14.4. The van der Waals surface area contributed by atoms with Crippen molar-refractivity contribution >= 4 is 29.6 Å². The zero-order valence-corrected chi connectivity index (χ0v) is 11.8. The molecule has 17 heavy (non-hydrogen) atoms. The minimum atomic E-state index is -0.335. The number of hydrogen-bond donors (Lipinski definition) is 2. The molecule has 0 bridgehead atoms. The predicted octanol–water partition coefficient (Wildman–Crippen LogP) is 1.50. The lowest BCUT2D eigenvalue weighted by Gasteiger charge is -2.13. The van der Waals surface area contributed by atoms with E-state index in [0.29, 0.717) is 6.42 Å². The van der Waals surface area contributed by atoms with Gasteiger partial charge < -0.3 is 10.3 Å². The Morgan fingerprint density at radius 2 is 2.29 bits per heavy atom. The number of aryl methyl sites for hydroxylation is 2. The van der Waals surface area contributed by atoms with E-state index in [-0.39, 0.29) is 11.9 Å². The van der Waals surface area contributed by atoms with E-state index in [1.807, 2.05) is 20.1 Å². The van der Waals surface area contributed by atoms with Crippen molar-refractivity contribution in [3.05, 3.63) is 11.5 Å². The smallest absolute Gasteiger partial charge is 0.235 e. The third-order valence-electron chi connectivity index (χ3n) is 2.23. The lowest BCUT2D eigenvalue weighted by atomic mass is 10.2. The van der Waals surface area contributed by atoms with Gasteiger partial charge in [-0.3, -0.25) is 4.79 Å². The summed E-state index contributed by atoms with van der Waals surface area (Å²) in [7, 11) is 0. The molecule has 0 aliphatic rings. The second-order valence-electron chi connectivity index (χ2n) is 3.61. The summed E-state index contributed by atoms with van der Waals surface area (Å²) in [5, 5.41) is 3.84. The third kappa shape index (κ3) is 4.25. The van der Waals surface area contributed by atoms with Crippen LogP contribution in [0.1, 0.15) is 17.9 Å². The fourth-order valence-electron chi connectivity index (χ4n) is 1.25. The summed E-state index contributed by atoms with van der Waals surface area (Å²) >= 11 is 3.04. The van der Waals surface area contributed by atoms with Gasteiger partial charge in [0, 0.05) is 0 Å². The van der Waals surface area contributed by atoms with E-state index in [1.165, 1.54) is 11.9 Å². The molecule has 0 radical (unpaired) electrons. The van der Waals surface area contributed by atoms with E-state index < -0.39 is 0 Å². The van der Waals surface area contributed by atoms with E-state index >= 15 is 0 Å². The van der Waals surface area contributed by atoms with Gasteiger partial charge in [-0.2, -0.15) is 11.8 Å². The number of nitrogens with zero attached hydrogens (tertiary/aromatic N) is 1. The first-order valence-electron chi connectivity index (χ1n) is 5.19. The Labute approximate surface area is 109 Å². The Morgan fingerprint density at radius 3 is 2.76 bits per heavy atom. The number of hydrogen-bond acceptors (Lipinski definition) is 6. The van der Waals surface area contributed by atoms with Crippen LogP contribution >= 0.6 is 23.7 Å². The predicted molar refractivity (Wildman–Crippen MR) is 71.0 cm³/mol. The summed E-state index contributed by atoms with van der Waals surface area (Å²) in [6, 6.07) is -0.332. The molecule has 1 amide bonds. The number of rotatable bonds is 7. The van der Waals surface area contributed by atoms with Gasteiger partial charge in [-0.15, -0.1) is 0 Å². The van der Waals surface area contributed by atoms with Gasteiger partial charge in [0.25, 0.3) is 0 Å². The number of aromatic nitrogens is 1. The average molecular weight is 275 g/mol. The molecule has 0 fully saturated rings. The van der Waals surface area contributed by atoms with Crippen molar-refractivity contribution in [2.24, 2.45) is 5.73 Å². The van der Waals surface area contributed by atoms with Crippen LogP contribution in [0, 0.1) is 13.8 Å². The first-order chi connectivity index (χ1) is 8.06. The summed E-state index contributed by atoms with van der Waals surface area (Å²) in [5.41, 5.74) is 6.14. The quantitative estimate of drug-likeness (QED) is 0.734. The number of amides is 1. The normalized spacial score (nSPS) is 12.6. The molecule has 1 rings (SSSR count). The van der Waals surface area contributed by atoms with Gasteiger partial charge in [-0.05, 0) is 44.2 Å². The standard InChI is InChI=1S/C10H17N3O2S2/c1-6-9(7(2)15-12-6)17-13-8(10(11)14)4-5-16-3/h8,13H,4-5H2,1-3H3,(H2,11,14)/t8-/m0/s1. The molecule has 0 aromatic carbocycles. The van der Waals surface area contributed by atoms with E-state index in [0.717, 1.165) is 22.1 Å². The minimum Gasteiger partial charge on any atom is -0.368 e. The number of carbonyl (C=O) groups excluding carboxylic acids is 1. The third-order valence-corrected chi connectivity index (χ3v) is 4.06. The number of thioether (sulfide) groups is 1. The molecule has 0 aliphatic heterocycles. The number of nitrogens with two attached hydrogens (primary N) is 1. The van der Waals surface area contributed by atoms with Crippen molar-refractivity contribution in [2.45, 2.75) is 31.2 Å². The average Bonchev–Trinajstić information content (AvgIpc) is 2.59. The zero-order valence-electron chi connectivity index (χ0n) is 10.1. The van der Waals surface area contributed by atoms with Crippen molar-refractivity contribution in [1.29, 1.82) is 0 Å². The van der Waals surface area contributed by atoms with Gasteiger partial charge >= 0.3 is 0 Å². The molecule has 7 heteroatoms. The van der Waals surface area contributed by atoms with Crippen LogP contribution in [-0.2, 0) is 4.79 Å². The van der Waals surface area contributed by atoms with Crippen LogP contribution in [0.2, 0.25) is 0 Å². The van der Waals surface area contributed by atoms with Crippen molar-refractivity contribution in [1.82, 2.24) is 9.88 Å². The molecule has 0 saturated heterocycles. The van der Waals surface area contributed by atoms with Gasteiger partial charge in [0.05, 0.1) is 16.6 Å². The molecule has 1 heterocycles. The van der Waals surface area contributed by atoms with Gasteiger partial charge in [0.1, 0.15) is 5.76 Å². The summed E-state index contributed by atoms with van der Waals surface area (Å²) < 4.78 is 8.10. The monoisotopic (exact) mass is 275 g/mol. The van der Waals surface area contributed by atoms with Crippen LogP contribution in [0.4, 0.5) is 0 Å². The van der Waals surface area contributed by atoms with E-state index in [9.17, 15) is 4.79 Å². The van der Waals surface area contributed by atoms with Crippen LogP contribution in [0.5, 0.6) is 0 Å². The highest BCUT2D eigenvalue weighted by Gasteiger charge is 2.17. The largest absolute Gasteiger partial charge is 0.368 e. The fourth-order valence-corrected chi connectivity index (χ4v) is 2.58. The Balaban J connectivity index is 2.54. The molecule has 0 spiro atoms. The van der Waals surface area contributed by atoms with E-state index in [4.69, 9.17) is 10.3 Å². The first-order valence-corrected chi connectivity index (χ1v) is 7.40. The maximum Gasteiger partial charge on any atom is 0.235 e. The minimum absolute atomic E-state index is 0.332. The molecule has 3 N–H and O–H groups in total. The molecule has 0 saturated carbocycles. The van der Waals surface area contributed by atoms with Crippen LogP contribution < -0.4 is 10.5 Å². The summed E-state index contributed by atoms with van der Waals surface area (Å²) in [6.45, 7) is 3.70. The molecule has 0 aliphatic carbocycles. The Hall–Kier alpha value is -0.660. The molecule has 1 aromatic rings. The number of carbonyl (C=O) groups is 1. The fraction of sp³-hybridized carbons (Fsp3) is 0.600.